The fourth-order valence-corrected chi connectivity index (χ4v) is 6.80. The van der Waals surface area contributed by atoms with Gasteiger partial charge in [0.2, 0.25) is 5.91 Å². The van der Waals surface area contributed by atoms with Crippen LogP contribution in [0.5, 0.6) is 0 Å². The van der Waals surface area contributed by atoms with Gasteiger partial charge in [0.15, 0.2) is 0 Å². The van der Waals surface area contributed by atoms with Crippen LogP contribution in [0, 0.1) is 11.8 Å². The Kier molecular flexibility index (Phi) is 6.55. The molecule has 2 heterocycles. The molecule has 0 radical (unpaired) electrons. The molecule has 9 heteroatoms. The zero-order valence-corrected chi connectivity index (χ0v) is 19.8. The van der Waals surface area contributed by atoms with Gasteiger partial charge in [-0.2, -0.15) is 0 Å². The van der Waals surface area contributed by atoms with E-state index < -0.39 is 24.5 Å². The molecule has 2 aliphatic heterocycles. The Hall–Kier alpha value is -1.48. The van der Waals surface area contributed by atoms with Crippen LogP contribution in [0.1, 0.15) is 65.2 Å². The summed E-state index contributed by atoms with van der Waals surface area (Å²) in [5.41, 5.74) is 3.56. The molecular formula is C24H38F2N4O3. The SMILES string of the molecule is CC(=O)N1C2CCC(C3CNN(C4CC4)C3)CC2N(C(=O)OC2CCC(F)CC2F)C[C@@H]1C. The molecule has 5 fully saturated rings. The van der Waals surface area contributed by atoms with Gasteiger partial charge in [-0.15, -0.1) is 0 Å². The zero-order valence-electron chi connectivity index (χ0n) is 19.8. The highest BCUT2D eigenvalue weighted by molar-refractivity contribution is 5.75. The Morgan fingerprint density at radius 1 is 0.939 bits per heavy atom. The van der Waals surface area contributed by atoms with E-state index in [0.29, 0.717) is 24.4 Å². The predicted octanol–water partition coefficient (Wildman–Crippen LogP) is 3.04. The quantitative estimate of drug-likeness (QED) is 0.690. The predicted molar refractivity (Wildman–Crippen MR) is 119 cm³/mol. The van der Waals surface area contributed by atoms with E-state index in [0.717, 1.165) is 32.4 Å². The van der Waals surface area contributed by atoms with Crippen LogP contribution in [-0.4, -0.2) is 89.1 Å². The topological polar surface area (TPSA) is 65.1 Å². The van der Waals surface area contributed by atoms with Crippen molar-refractivity contribution in [1.82, 2.24) is 20.2 Å². The zero-order chi connectivity index (χ0) is 23.3. The maximum atomic E-state index is 14.4. The van der Waals surface area contributed by atoms with Crippen LogP contribution in [0.4, 0.5) is 13.6 Å². The van der Waals surface area contributed by atoms with Gasteiger partial charge < -0.3 is 14.5 Å². The molecule has 2 saturated heterocycles. The highest BCUT2D eigenvalue weighted by atomic mass is 19.1. The molecule has 3 saturated carbocycles. The van der Waals surface area contributed by atoms with Gasteiger partial charge in [0.05, 0.1) is 12.1 Å². The molecule has 2 amide bonds. The Labute approximate surface area is 195 Å². The molecule has 7 unspecified atom stereocenters. The van der Waals surface area contributed by atoms with Gasteiger partial charge in [-0.1, -0.05) is 0 Å². The first-order valence-electron chi connectivity index (χ1n) is 12.9. The highest BCUT2D eigenvalue weighted by Gasteiger charge is 2.49. The van der Waals surface area contributed by atoms with Crippen molar-refractivity contribution in [3.05, 3.63) is 0 Å². The van der Waals surface area contributed by atoms with Gasteiger partial charge in [0.1, 0.15) is 18.4 Å². The molecule has 186 valence electrons. The van der Waals surface area contributed by atoms with Crippen molar-refractivity contribution in [2.45, 2.75) is 108 Å². The van der Waals surface area contributed by atoms with Crippen molar-refractivity contribution in [2.75, 3.05) is 19.6 Å². The van der Waals surface area contributed by atoms with Crippen LogP contribution < -0.4 is 5.43 Å². The lowest BCUT2D eigenvalue weighted by Crippen LogP contribution is -2.67. The lowest BCUT2D eigenvalue weighted by Gasteiger charge is -2.54. The molecule has 3 aliphatic carbocycles. The van der Waals surface area contributed by atoms with Crippen LogP contribution in [0.15, 0.2) is 0 Å². The van der Waals surface area contributed by atoms with E-state index in [1.165, 1.54) is 12.8 Å². The Morgan fingerprint density at radius 2 is 1.73 bits per heavy atom. The van der Waals surface area contributed by atoms with Gasteiger partial charge in [-0.05, 0) is 63.7 Å². The summed E-state index contributed by atoms with van der Waals surface area (Å²) in [4.78, 5) is 29.5. The van der Waals surface area contributed by atoms with E-state index in [1.807, 2.05) is 11.8 Å². The highest BCUT2D eigenvalue weighted by Crippen LogP contribution is 2.41. The number of halogens is 2. The second-order valence-corrected chi connectivity index (χ2v) is 11.0. The van der Waals surface area contributed by atoms with Gasteiger partial charge in [0.25, 0.3) is 0 Å². The number of carbonyl (C=O) groups is 2. The summed E-state index contributed by atoms with van der Waals surface area (Å²) in [5, 5.41) is 2.39. The van der Waals surface area contributed by atoms with Crippen molar-refractivity contribution in [1.29, 1.82) is 0 Å². The van der Waals surface area contributed by atoms with E-state index in [4.69, 9.17) is 4.74 Å². The smallest absolute Gasteiger partial charge is 0.410 e. The molecule has 0 aromatic heterocycles. The monoisotopic (exact) mass is 468 g/mol. The van der Waals surface area contributed by atoms with Crippen LogP contribution >= 0.6 is 0 Å². The Bertz CT molecular complexity index is 753. The first kappa shape index (κ1) is 23.3. The summed E-state index contributed by atoms with van der Waals surface area (Å²) >= 11 is 0. The number of hydrogen-bond donors (Lipinski definition) is 1. The number of nitrogens with zero attached hydrogens (tertiary/aromatic N) is 3. The number of ether oxygens (including phenoxy) is 1. The summed E-state index contributed by atoms with van der Waals surface area (Å²) < 4.78 is 33.5. The number of piperazine rings is 1. The minimum absolute atomic E-state index is 0.0355. The van der Waals surface area contributed by atoms with Crippen molar-refractivity contribution in [3.63, 3.8) is 0 Å². The maximum Gasteiger partial charge on any atom is 0.410 e. The largest absolute Gasteiger partial charge is 0.443 e. The third kappa shape index (κ3) is 4.72. The van der Waals surface area contributed by atoms with Crippen molar-refractivity contribution in [2.24, 2.45) is 11.8 Å². The average molecular weight is 469 g/mol. The van der Waals surface area contributed by atoms with Crippen LogP contribution in [0.2, 0.25) is 0 Å². The molecule has 7 nitrogen and oxygen atoms in total. The molecule has 33 heavy (non-hydrogen) atoms. The van der Waals surface area contributed by atoms with Crippen LogP contribution in [0.3, 0.4) is 0 Å². The average Bonchev–Trinajstić information content (AvgIpc) is 3.51. The number of carbonyl (C=O) groups excluding carboxylic acids is 2. The summed E-state index contributed by atoms with van der Waals surface area (Å²) in [5.74, 6) is 1.04. The van der Waals surface area contributed by atoms with Crippen LogP contribution in [-0.2, 0) is 9.53 Å². The first-order chi connectivity index (χ1) is 15.8. The summed E-state index contributed by atoms with van der Waals surface area (Å²) in [7, 11) is 0. The van der Waals surface area contributed by atoms with Crippen molar-refractivity contribution < 1.29 is 23.1 Å². The Morgan fingerprint density at radius 3 is 2.42 bits per heavy atom. The minimum Gasteiger partial charge on any atom is -0.443 e. The standard InChI is InChI=1S/C24H38F2N4O3/c1-14-12-28(24(32)33-23-8-4-18(25)10-20(23)26)22-9-16(3-7-21(22)30(14)15(2)31)17-11-27-29(13-17)19-5-6-19/h14,16-23,27H,3-13H2,1-2H3/t14-,16?,17?,18?,20?,21?,22?,23?/m0/s1. The van der Waals surface area contributed by atoms with Crippen molar-refractivity contribution >= 4 is 12.0 Å². The second kappa shape index (κ2) is 9.29. The second-order valence-electron chi connectivity index (χ2n) is 11.0. The molecule has 5 rings (SSSR count). The third-order valence-electron chi connectivity index (χ3n) is 8.66. The van der Waals surface area contributed by atoms with Gasteiger partial charge in [0, 0.05) is 45.1 Å². The minimum atomic E-state index is -1.46. The van der Waals surface area contributed by atoms with Gasteiger partial charge in [-0.25, -0.2) is 18.6 Å². The molecule has 1 N–H and O–H groups in total. The van der Waals surface area contributed by atoms with E-state index in [-0.39, 0.29) is 43.3 Å². The lowest BCUT2D eigenvalue weighted by atomic mass is 9.73. The third-order valence-corrected chi connectivity index (χ3v) is 8.66. The molecule has 8 atom stereocenters. The van der Waals surface area contributed by atoms with Gasteiger partial charge in [-0.3, -0.25) is 10.2 Å². The van der Waals surface area contributed by atoms with Gasteiger partial charge >= 0.3 is 6.09 Å². The Balaban J connectivity index is 1.29. The number of nitrogens with one attached hydrogen (secondary N) is 1. The molecule has 5 aliphatic rings. The molecule has 0 bridgehead atoms. The normalized spacial score (nSPS) is 42.2. The summed E-state index contributed by atoms with van der Waals surface area (Å²) in [6, 6.07) is 0.400. The number of hydrogen-bond acceptors (Lipinski definition) is 5. The van der Waals surface area contributed by atoms with E-state index in [9.17, 15) is 18.4 Å². The fourth-order valence-electron chi connectivity index (χ4n) is 6.80. The van der Waals surface area contributed by atoms with Crippen LogP contribution in [0.25, 0.3) is 0 Å². The molecule has 0 aromatic carbocycles. The molecule has 0 spiro atoms. The molecule has 0 aromatic rings. The van der Waals surface area contributed by atoms with E-state index >= 15 is 0 Å². The maximum absolute atomic E-state index is 14.4. The van der Waals surface area contributed by atoms with E-state index in [2.05, 4.69) is 10.4 Å². The number of amides is 2. The number of fused-ring (bicyclic) bond motifs is 1. The van der Waals surface area contributed by atoms with Crippen molar-refractivity contribution in [3.8, 4) is 0 Å². The number of rotatable bonds is 3. The lowest BCUT2D eigenvalue weighted by molar-refractivity contribution is -0.143. The first-order valence-corrected chi connectivity index (χ1v) is 12.9. The van der Waals surface area contributed by atoms with E-state index in [1.54, 1.807) is 11.8 Å². The number of hydrazine groups is 1. The summed E-state index contributed by atoms with van der Waals surface area (Å²) in [6.45, 7) is 5.96. The molecular weight excluding hydrogens is 430 g/mol. The fraction of sp³-hybridized carbons (Fsp3) is 0.917. The summed E-state index contributed by atoms with van der Waals surface area (Å²) in [6.07, 6.45) is 1.51. The number of alkyl halides is 2.